The second-order valence-electron chi connectivity index (χ2n) is 8.08. The Labute approximate surface area is 198 Å². The Morgan fingerprint density at radius 3 is 2.59 bits per heavy atom. The molecule has 34 heavy (non-hydrogen) atoms. The Morgan fingerprint density at radius 1 is 1.21 bits per heavy atom. The maximum atomic E-state index is 12.9. The number of nitrogens with zero attached hydrogens (tertiary/aromatic N) is 2. The molecule has 0 radical (unpaired) electrons. The zero-order chi connectivity index (χ0) is 24.5. The molecule has 0 spiro atoms. The first-order valence-corrected chi connectivity index (χ1v) is 11.6. The number of aryl methyl sites for hydroxylation is 1. The van der Waals surface area contributed by atoms with E-state index in [1.54, 1.807) is 4.68 Å². The van der Waals surface area contributed by atoms with E-state index in [-0.39, 0.29) is 12.3 Å². The molecular formula is C25H23F3N2O3S. The number of aromatic nitrogens is 2. The summed E-state index contributed by atoms with van der Waals surface area (Å²) in [5.41, 5.74) is 2.49. The third-order valence-electron chi connectivity index (χ3n) is 5.62. The van der Waals surface area contributed by atoms with E-state index in [0.29, 0.717) is 24.5 Å². The lowest BCUT2D eigenvalue weighted by atomic mass is 10.0. The van der Waals surface area contributed by atoms with E-state index < -0.39 is 17.7 Å². The van der Waals surface area contributed by atoms with Crippen LogP contribution in [0.1, 0.15) is 42.1 Å². The standard InChI is InChI=1S/C25H23F3N2O3S/c1-3-22-21(12-30(29-22)18-6-4-17(5-7-18)25(26,27)28)15(2)13-33-19-8-9-20-16(10-24(31)32)14-34-23(20)11-19/h4-9,11-12,14-15H,3,10,13H2,1-2H3,(H,31,32). The number of hydrogen-bond donors (Lipinski definition) is 1. The van der Waals surface area contributed by atoms with Crippen LogP contribution in [0.5, 0.6) is 5.75 Å². The molecule has 0 aliphatic heterocycles. The van der Waals surface area contributed by atoms with Gasteiger partial charge in [-0.15, -0.1) is 11.3 Å². The number of aliphatic carboxylic acids is 1. The van der Waals surface area contributed by atoms with Gasteiger partial charge in [-0.05, 0) is 70.8 Å². The third-order valence-corrected chi connectivity index (χ3v) is 6.61. The molecule has 5 nitrogen and oxygen atoms in total. The number of fused-ring (bicyclic) bond motifs is 1. The van der Waals surface area contributed by atoms with Crippen molar-refractivity contribution in [2.45, 2.75) is 38.8 Å². The van der Waals surface area contributed by atoms with Crippen LogP contribution in [0.25, 0.3) is 15.8 Å². The van der Waals surface area contributed by atoms with Gasteiger partial charge in [0, 0.05) is 16.8 Å². The third kappa shape index (κ3) is 5.09. The molecular weight excluding hydrogens is 465 g/mol. The minimum atomic E-state index is -4.38. The van der Waals surface area contributed by atoms with E-state index in [1.807, 2.05) is 43.6 Å². The number of hydrogen-bond acceptors (Lipinski definition) is 4. The van der Waals surface area contributed by atoms with Gasteiger partial charge in [0.05, 0.1) is 30.0 Å². The van der Waals surface area contributed by atoms with Gasteiger partial charge < -0.3 is 9.84 Å². The van der Waals surface area contributed by atoms with Gasteiger partial charge in [0.15, 0.2) is 0 Å². The molecule has 2 aromatic carbocycles. The summed E-state index contributed by atoms with van der Waals surface area (Å²) in [6.45, 7) is 4.39. The molecule has 0 aliphatic carbocycles. The highest BCUT2D eigenvalue weighted by molar-refractivity contribution is 7.17. The maximum Gasteiger partial charge on any atom is 0.416 e. The van der Waals surface area contributed by atoms with Crippen molar-refractivity contribution in [1.29, 1.82) is 0 Å². The minimum absolute atomic E-state index is 0.000229. The molecule has 1 unspecified atom stereocenters. The number of ether oxygens (including phenoxy) is 1. The van der Waals surface area contributed by atoms with Crippen molar-refractivity contribution < 1.29 is 27.8 Å². The van der Waals surface area contributed by atoms with Crippen LogP contribution in [-0.4, -0.2) is 27.5 Å². The fraction of sp³-hybridized carbons (Fsp3) is 0.280. The Bertz CT molecular complexity index is 1310. The van der Waals surface area contributed by atoms with E-state index in [9.17, 15) is 18.0 Å². The predicted octanol–water partition coefficient (Wildman–Crippen LogP) is 6.48. The fourth-order valence-corrected chi connectivity index (χ4v) is 4.80. The van der Waals surface area contributed by atoms with Gasteiger partial charge >= 0.3 is 12.1 Å². The first kappa shape index (κ1) is 23.8. The summed E-state index contributed by atoms with van der Waals surface area (Å²) >= 11 is 1.48. The Kier molecular flexibility index (Phi) is 6.65. The second-order valence-corrected chi connectivity index (χ2v) is 8.99. The molecule has 4 rings (SSSR count). The molecule has 0 saturated carbocycles. The van der Waals surface area contributed by atoms with Crippen molar-refractivity contribution in [3.05, 3.63) is 76.4 Å². The highest BCUT2D eigenvalue weighted by atomic mass is 32.1. The molecule has 1 N–H and O–H groups in total. The van der Waals surface area contributed by atoms with Crippen molar-refractivity contribution in [2.24, 2.45) is 0 Å². The van der Waals surface area contributed by atoms with Crippen LogP contribution in [0.3, 0.4) is 0 Å². The van der Waals surface area contributed by atoms with Crippen LogP contribution in [0.15, 0.2) is 54.0 Å². The van der Waals surface area contributed by atoms with Crippen molar-refractivity contribution in [2.75, 3.05) is 6.61 Å². The lowest BCUT2D eigenvalue weighted by Crippen LogP contribution is -2.08. The molecule has 0 saturated heterocycles. The second kappa shape index (κ2) is 9.50. The summed E-state index contributed by atoms with van der Waals surface area (Å²) < 4.78 is 47.1. The zero-order valence-corrected chi connectivity index (χ0v) is 19.4. The first-order valence-electron chi connectivity index (χ1n) is 10.8. The van der Waals surface area contributed by atoms with Crippen LogP contribution in [0.4, 0.5) is 13.2 Å². The number of rotatable bonds is 8. The van der Waals surface area contributed by atoms with E-state index in [0.717, 1.165) is 39.0 Å². The van der Waals surface area contributed by atoms with Crippen molar-refractivity contribution in [1.82, 2.24) is 9.78 Å². The summed E-state index contributed by atoms with van der Waals surface area (Å²) in [7, 11) is 0. The van der Waals surface area contributed by atoms with Gasteiger partial charge in [0.1, 0.15) is 5.75 Å². The number of halogens is 3. The minimum Gasteiger partial charge on any atom is -0.493 e. The van der Waals surface area contributed by atoms with Crippen LogP contribution < -0.4 is 4.74 Å². The van der Waals surface area contributed by atoms with Gasteiger partial charge in [0.2, 0.25) is 0 Å². The maximum absolute atomic E-state index is 12.9. The summed E-state index contributed by atoms with van der Waals surface area (Å²) in [6, 6.07) is 10.5. The smallest absolute Gasteiger partial charge is 0.416 e. The molecule has 9 heteroatoms. The topological polar surface area (TPSA) is 64.4 Å². The summed E-state index contributed by atoms with van der Waals surface area (Å²) in [6.07, 6.45) is -1.87. The molecule has 2 aromatic heterocycles. The summed E-state index contributed by atoms with van der Waals surface area (Å²) in [5.74, 6) is -0.173. The van der Waals surface area contributed by atoms with Crippen molar-refractivity contribution in [3.8, 4) is 11.4 Å². The van der Waals surface area contributed by atoms with Crippen LogP contribution in [0, 0.1) is 0 Å². The Morgan fingerprint density at radius 2 is 1.94 bits per heavy atom. The molecule has 2 heterocycles. The number of benzene rings is 2. The number of alkyl halides is 3. The van der Waals surface area contributed by atoms with Crippen molar-refractivity contribution in [3.63, 3.8) is 0 Å². The molecule has 0 fully saturated rings. The normalized spacial score (nSPS) is 12.7. The average molecular weight is 489 g/mol. The zero-order valence-electron chi connectivity index (χ0n) is 18.6. The lowest BCUT2D eigenvalue weighted by molar-refractivity contribution is -0.138. The van der Waals surface area contributed by atoms with Crippen LogP contribution in [-0.2, 0) is 23.8 Å². The van der Waals surface area contributed by atoms with Crippen LogP contribution in [0.2, 0.25) is 0 Å². The number of carboxylic acids is 1. The number of carbonyl (C=O) groups is 1. The van der Waals surface area contributed by atoms with Gasteiger partial charge in [-0.25, -0.2) is 4.68 Å². The highest BCUT2D eigenvalue weighted by Gasteiger charge is 2.30. The van der Waals surface area contributed by atoms with Gasteiger partial charge in [-0.1, -0.05) is 13.8 Å². The van der Waals surface area contributed by atoms with Crippen LogP contribution >= 0.6 is 11.3 Å². The quantitative estimate of drug-likeness (QED) is 0.308. The SMILES string of the molecule is CCc1nn(-c2ccc(C(F)(F)F)cc2)cc1C(C)COc1ccc2c(CC(=O)O)csc2c1. The Hall–Kier alpha value is -3.33. The first-order chi connectivity index (χ1) is 16.2. The van der Waals surface area contributed by atoms with Gasteiger partial charge in [-0.3, -0.25) is 4.79 Å². The molecule has 0 amide bonds. The molecule has 178 valence electrons. The summed E-state index contributed by atoms with van der Waals surface area (Å²) in [4.78, 5) is 11.0. The van der Waals surface area contributed by atoms with E-state index in [4.69, 9.17) is 9.84 Å². The predicted molar refractivity (Wildman–Crippen MR) is 125 cm³/mol. The molecule has 1 atom stereocenters. The van der Waals surface area contributed by atoms with Gasteiger partial charge in [-0.2, -0.15) is 18.3 Å². The fourth-order valence-electron chi connectivity index (χ4n) is 3.81. The van der Waals surface area contributed by atoms with Gasteiger partial charge in [0.25, 0.3) is 0 Å². The lowest BCUT2D eigenvalue weighted by Gasteiger charge is -2.13. The number of thiophene rings is 1. The molecule has 0 bridgehead atoms. The molecule has 0 aliphatic rings. The van der Waals surface area contributed by atoms with E-state index in [1.165, 1.54) is 23.5 Å². The van der Waals surface area contributed by atoms with E-state index >= 15 is 0 Å². The average Bonchev–Trinajstić information content (AvgIpc) is 3.41. The monoisotopic (exact) mass is 488 g/mol. The number of carboxylic acid groups (broad SMARTS) is 1. The Balaban J connectivity index is 1.48. The van der Waals surface area contributed by atoms with E-state index in [2.05, 4.69) is 5.10 Å². The van der Waals surface area contributed by atoms with Crippen molar-refractivity contribution >= 4 is 27.4 Å². The highest BCUT2D eigenvalue weighted by Crippen LogP contribution is 2.32. The molecule has 4 aromatic rings. The largest absolute Gasteiger partial charge is 0.493 e. The summed E-state index contributed by atoms with van der Waals surface area (Å²) in [5, 5.41) is 16.4.